The minimum atomic E-state index is 0. The molecule has 10 heteroatoms. The SMILES string of the molecule is [Cl-].[Cl-].[Cl-].[Cl-].[Na+].[Ru+3].c1ccc2c(c1)CNN2.c1ccc2c(c1)CNN2. The largest absolute Gasteiger partial charge is 3.00 e. The van der Waals surface area contributed by atoms with Crippen LogP contribution in [0.25, 0.3) is 0 Å². The van der Waals surface area contributed by atoms with Crippen LogP contribution >= 0.6 is 0 Å². The Morgan fingerprint density at radius 1 is 0.583 bits per heavy atom. The Balaban J connectivity index is -0.000000133. The Bertz CT molecular complexity index is 470. The van der Waals surface area contributed by atoms with Crippen molar-refractivity contribution in [1.29, 1.82) is 0 Å². The molecule has 2 aliphatic heterocycles. The number of hydrogen-bond acceptors (Lipinski definition) is 4. The zero-order valence-corrected chi connectivity index (χ0v) is 19.7. The molecule has 0 atom stereocenters. The van der Waals surface area contributed by atoms with Crippen LogP contribution < -0.4 is 101 Å². The van der Waals surface area contributed by atoms with Gasteiger partial charge in [-0.25, -0.2) is 10.9 Å². The molecule has 0 bridgehead atoms. The van der Waals surface area contributed by atoms with E-state index in [0.29, 0.717) is 0 Å². The minimum absolute atomic E-state index is 0. The van der Waals surface area contributed by atoms with Crippen molar-refractivity contribution >= 4 is 11.4 Å². The molecule has 4 rings (SSSR count). The number of anilines is 2. The molecule has 2 aromatic carbocycles. The Morgan fingerprint density at radius 3 is 1.25 bits per heavy atom. The quantitative estimate of drug-likeness (QED) is 0.269. The van der Waals surface area contributed by atoms with E-state index in [1.807, 2.05) is 24.3 Å². The Morgan fingerprint density at radius 2 is 0.917 bits per heavy atom. The zero-order chi connectivity index (χ0) is 12.2. The van der Waals surface area contributed by atoms with Gasteiger partial charge < -0.3 is 60.5 Å². The molecule has 0 unspecified atom stereocenters. The van der Waals surface area contributed by atoms with Gasteiger partial charge in [0.15, 0.2) is 0 Å². The summed E-state index contributed by atoms with van der Waals surface area (Å²) < 4.78 is 0. The van der Waals surface area contributed by atoms with Crippen LogP contribution in [0.15, 0.2) is 48.5 Å². The smallest absolute Gasteiger partial charge is 1.00 e. The second-order valence-corrected chi connectivity index (χ2v) is 4.27. The van der Waals surface area contributed by atoms with E-state index in [0.717, 1.165) is 13.1 Å². The van der Waals surface area contributed by atoms with E-state index in [1.165, 1.54) is 22.5 Å². The molecule has 0 aliphatic carbocycles. The van der Waals surface area contributed by atoms with Gasteiger partial charge in [-0.15, -0.1) is 0 Å². The van der Waals surface area contributed by atoms with Gasteiger partial charge in [0.05, 0.1) is 11.4 Å². The van der Waals surface area contributed by atoms with Gasteiger partial charge in [0, 0.05) is 13.1 Å². The van der Waals surface area contributed by atoms with E-state index in [1.54, 1.807) is 0 Å². The van der Waals surface area contributed by atoms with Crippen LogP contribution in [0.5, 0.6) is 0 Å². The van der Waals surface area contributed by atoms with Crippen molar-refractivity contribution in [3.63, 3.8) is 0 Å². The van der Waals surface area contributed by atoms with Gasteiger partial charge in [-0.05, 0) is 23.3 Å². The molecule has 129 valence electrons. The third kappa shape index (κ3) is 8.91. The van der Waals surface area contributed by atoms with Crippen LogP contribution in [0, 0.1) is 0 Å². The molecule has 0 aromatic heterocycles. The number of para-hydroxylation sites is 2. The summed E-state index contributed by atoms with van der Waals surface area (Å²) in [4.78, 5) is 0. The van der Waals surface area contributed by atoms with E-state index in [4.69, 9.17) is 0 Å². The minimum Gasteiger partial charge on any atom is -1.00 e. The van der Waals surface area contributed by atoms with Gasteiger partial charge in [-0.2, -0.15) is 0 Å². The molecule has 0 saturated heterocycles. The average molecular weight is 506 g/mol. The first-order chi connectivity index (χ1) is 8.93. The Labute approximate surface area is 202 Å². The molecule has 2 aliphatic rings. The number of hydrogen-bond donors (Lipinski definition) is 4. The van der Waals surface area contributed by atoms with E-state index >= 15 is 0 Å². The molecule has 1 radical (unpaired) electrons. The van der Waals surface area contributed by atoms with Crippen molar-refractivity contribution in [2.24, 2.45) is 0 Å². The number of hydrazine groups is 2. The molecule has 0 fully saturated rings. The van der Waals surface area contributed by atoms with E-state index in [-0.39, 0.29) is 98.7 Å². The first kappa shape index (κ1) is 32.4. The van der Waals surface area contributed by atoms with Crippen LogP contribution in [0.4, 0.5) is 11.4 Å². The molecular weight excluding hydrogens is 490 g/mol. The Kier molecular flexibility index (Phi) is 23.2. The second-order valence-electron chi connectivity index (χ2n) is 4.27. The van der Waals surface area contributed by atoms with Crippen molar-refractivity contribution in [2.75, 3.05) is 10.9 Å². The maximum Gasteiger partial charge on any atom is 3.00 e. The van der Waals surface area contributed by atoms with Crippen molar-refractivity contribution in [1.82, 2.24) is 10.9 Å². The summed E-state index contributed by atoms with van der Waals surface area (Å²) in [7, 11) is 0. The van der Waals surface area contributed by atoms with Gasteiger partial charge in [0.1, 0.15) is 0 Å². The van der Waals surface area contributed by atoms with Crippen LogP contribution in [0.3, 0.4) is 0 Å². The van der Waals surface area contributed by atoms with Crippen molar-refractivity contribution < 1.29 is 98.7 Å². The molecule has 0 amide bonds. The number of benzene rings is 2. The molecule has 4 N–H and O–H groups in total. The second kappa shape index (κ2) is 17.2. The molecule has 2 aromatic rings. The fourth-order valence-electron chi connectivity index (χ4n) is 2.06. The van der Waals surface area contributed by atoms with Gasteiger partial charge >= 0.3 is 49.0 Å². The standard InChI is InChI=1S/2C7H8N2.4ClH.Na.Ru/c2*1-2-4-7-6(3-1)5-8-9-7;;;;;;/h2*1-4,8-9H,5H2;4*1H;;/q;;;;;;+1;+3/p-4. The van der Waals surface area contributed by atoms with E-state index in [2.05, 4.69) is 46.0 Å². The number of nitrogens with one attached hydrogen (secondary N) is 4. The summed E-state index contributed by atoms with van der Waals surface area (Å²) in [6, 6.07) is 16.5. The number of fused-ring (bicyclic) bond motifs is 2. The molecule has 4 nitrogen and oxygen atoms in total. The fraction of sp³-hybridized carbons (Fsp3) is 0.143. The molecule has 0 saturated carbocycles. The van der Waals surface area contributed by atoms with Gasteiger partial charge in [0.25, 0.3) is 0 Å². The van der Waals surface area contributed by atoms with Crippen LogP contribution in [0.2, 0.25) is 0 Å². The van der Waals surface area contributed by atoms with Gasteiger partial charge in [0.2, 0.25) is 0 Å². The average Bonchev–Trinajstić information content (AvgIpc) is 3.08. The summed E-state index contributed by atoms with van der Waals surface area (Å²) in [6.45, 7) is 1.88. The summed E-state index contributed by atoms with van der Waals surface area (Å²) in [5.74, 6) is 0. The monoisotopic (exact) mass is 505 g/mol. The van der Waals surface area contributed by atoms with Crippen LogP contribution in [-0.2, 0) is 32.6 Å². The zero-order valence-electron chi connectivity index (χ0n) is 12.9. The van der Waals surface area contributed by atoms with Crippen molar-refractivity contribution in [3.8, 4) is 0 Å². The van der Waals surface area contributed by atoms with Gasteiger partial charge in [-0.3, -0.25) is 0 Å². The molecular formula is C14H16Cl4N4NaRu. The maximum atomic E-state index is 3.05. The Hall–Kier alpha value is 0.743. The van der Waals surface area contributed by atoms with E-state index in [9.17, 15) is 0 Å². The van der Waals surface area contributed by atoms with Gasteiger partial charge in [-0.1, -0.05) is 36.4 Å². The summed E-state index contributed by atoms with van der Waals surface area (Å²) in [5, 5.41) is 0. The van der Waals surface area contributed by atoms with Crippen molar-refractivity contribution in [2.45, 2.75) is 13.1 Å². The summed E-state index contributed by atoms with van der Waals surface area (Å²) in [6.07, 6.45) is 0. The van der Waals surface area contributed by atoms with Crippen LogP contribution in [0.1, 0.15) is 11.1 Å². The fourth-order valence-corrected chi connectivity index (χ4v) is 2.06. The van der Waals surface area contributed by atoms with Crippen LogP contribution in [-0.4, -0.2) is 0 Å². The van der Waals surface area contributed by atoms with E-state index < -0.39 is 0 Å². The first-order valence-corrected chi connectivity index (χ1v) is 6.07. The van der Waals surface area contributed by atoms with Crippen molar-refractivity contribution in [3.05, 3.63) is 59.7 Å². The summed E-state index contributed by atoms with van der Waals surface area (Å²) >= 11 is 0. The predicted molar refractivity (Wildman–Crippen MR) is 73.8 cm³/mol. The number of halogens is 4. The normalized spacial score (nSPS) is 11.0. The molecule has 24 heavy (non-hydrogen) atoms. The topological polar surface area (TPSA) is 48.1 Å². The molecule has 0 spiro atoms. The maximum absolute atomic E-state index is 3.05. The third-order valence-corrected chi connectivity index (χ3v) is 3.04. The number of rotatable bonds is 0. The first-order valence-electron chi connectivity index (χ1n) is 6.07. The predicted octanol–water partition coefficient (Wildman–Crippen LogP) is -12.7. The third-order valence-electron chi connectivity index (χ3n) is 3.04. The summed E-state index contributed by atoms with van der Waals surface area (Å²) in [5.41, 5.74) is 17.3. The molecule has 2 heterocycles.